The second-order valence-corrected chi connectivity index (χ2v) is 5.96. The fourth-order valence-electron chi connectivity index (χ4n) is 2.64. The highest BCUT2D eigenvalue weighted by molar-refractivity contribution is 5.92. The number of esters is 1. The van der Waals surface area contributed by atoms with Gasteiger partial charge in [0.15, 0.2) is 6.10 Å². The zero-order chi connectivity index (χ0) is 18.4. The Balaban J connectivity index is 1.86. The van der Waals surface area contributed by atoms with Crippen molar-refractivity contribution in [3.63, 3.8) is 0 Å². The Labute approximate surface area is 143 Å². The summed E-state index contributed by atoms with van der Waals surface area (Å²) in [4.78, 5) is 24.0. The molecule has 2 rings (SSSR count). The van der Waals surface area contributed by atoms with Gasteiger partial charge in [0.2, 0.25) is 0 Å². The number of halogens is 3. The molecule has 5 nitrogen and oxygen atoms in total. The van der Waals surface area contributed by atoms with Crippen LogP contribution in [-0.2, 0) is 9.53 Å². The summed E-state index contributed by atoms with van der Waals surface area (Å²) in [6.07, 6.45) is -0.684. The first-order chi connectivity index (χ1) is 11.7. The summed E-state index contributed by atoms with van der Waals surface area (Å²) < 4.78 is 45.1. The molecule has 0 heterocycles. The van der Waals surface area contributed by atoms with Crippen molar-refractivity contribution in [2.24, 2.45) is 0 Å². The van der Waals surface area contributed by atoms with E-state index in [0.717, 1.165) is 56.4 Å². The molecule has 0 bridgehead atoms. The molecule has 0 aromatic heterocycles. The molecule has 0 radical (unpaired) electrons. The molecular weight excluding hydrogens is 339 g/mol. The molecule has 1 aliphatic carbocycles. The summed E-state index contributed by atoms with van der Waals surface area (Å²) in [5, 5.41) is 2.85. The first-order valence-corrected chi connectivity index (χ1v) is 8.12. The van der Waals surface area contributed by atoms with Crippen LogP contribution in [0.4, 0.5) is 13.2 Å². The fourth-order valence-corrected chi connectivity index (χ4v) is 2.64. The monoisotopic (exact) mass is 359 g/mol. The van der Waals surface area contributed by atoms with Crippen LogP contribution in [0.15, 0.2) is 24.3 Å². The number of nitrogens with one attached hydrogen (secondary N) is 1. The van der Waals surface area contributed by atoms with Gasteiger partial charge in [0.05, 0.1) is 5.56 Å². The number of hydrogen-bond donors (Lipinski definition) is 1. The van der Waals surface area contributed by atoms with E-state index in [1.54, 1.807) is 0 Å². The quantitative estimate of drug-likeness (QED) is 0.816. The number of carbonyl (C=O) groups excluding carboxylic acids is 2. The lowest BCUT2D eigenvalue weighted by Crippen LogP contribution is -2.42. The lowest BCUT2D eigenvalue weighted by Gasteiger charge is -2.24. The number of amides is 1. The van der Waals surface area contributed by atoms with Gasteiger partial charge in [-0.25, -0.2) is 4.79 Å². The lowest BCUT2D eigenvalue weighted by molar-refractivity contribution is -0.274. The zero-order valence-electron chi connectivity index (χ0n) is 13.8. The van der Waals surface area contributed by atoms with E-state index in [1.165, 1.54) is 6.92 Å². The van der Waals surface area contributed by atoms with E-state index in [0.29, 0.717) is 0 Å². The Morgan fingerprint density at radius 1 is 1.12 bits per heavy atom. The van der Waals surface area contributed by atoms with Gasteiger partial charge >= 0.3 is 12.3 Å². The summed E-state index contributed by atoms with van der Waals surface area (Å²) in [5.41, 5.74) is 0.0341. The summed E-state index contributed by atoms with van der Waals surface area (Å²) in [6, 6.07) is 4.42. The Morgan fingerprint density at radius 3 is 2.28 bits per heavy atom. The van der Waals surface area contributed by atoms with Crippen LogP contribution in [0.25, 0.3) is 0 Å². The second kappa shape index (κ2) is 8.22. The van der Waals surface area contributed by atoms with E-state index in [2.05, 4.69) is 10.1 Å². The SMILES string of the molecule is C[C@H](OC(=O)c1ccc(OC(F)(F)F)cc1)C(=O)NC1CCCCC1. The van der Waals surface area contributed by atoms with Crippen LogP contribution in [0.2, 0.25) is 0 Å². The summed E-state index contributed by atoms with van der Waals surface area (Å²) >= 11 is 0. The maximum Gasteiger partial charge on any atom is 0.573 e. The molecular formula is C17H20F3NO4. The van der Waals surface area contributed by atoms with Crippen molar-refractivity contribution in [3.05, 3.63) is 29.8 Å². The molecule has 1 atom stereocenters. The molecule has 1 N–H and O–H groups in total. The van der Waals surface area contributed by atoms with Crippen LogP contribution < -0.4 is 10.1 Å². The van der Waals surface area contributed by atoms with Crippen molar-refractivity contribution in [2.75, 3.05) is 0 Å². The summed E-state index contributed by atoms with van der Waals surface area (Å²) in [7, 11) is 0. The predicted molar refractivity (Wildman–Crippen MR) is 83.0 cm³/mol. The van der Waals surface area contributed by atoms with Crippen molar-refractivity contribution in [3.8, 4) is 5.75 Å². The van der Waals surface area contributed by atoms with Crippen molar-refractivity contribution in [1.82, 2.24) is 5.32 Å². The molecule has 8 heteroatoms. The van der Waals surface area contributed by atoms with Crippen molar-refractivity contribution >= 4 is 11.9 Å². The number of alkyl halides is 3. The van der Waals surface area contributed by atoms with E-state index >= 15 is 0 Å². The van der Waals surface area contributed by atoms with Gasteiger partial charge < -0.3 is 14.8 Å². The topological polar surface area (TPSA) is 64.6 Å². The predicted octanol–water partition coefficient (Wildman–Crippen LogP) is 3.58. The van der Waals surface area contributed by atoms with E-state index in [9.17, 15) is 22.8 Å². The number of hydrogen-bond acceptors (Lipinski definition) is 4. The van der Waals surface area contributed by atoms with Gasteiger partial charge in [-0.2, -0.15) is 0 Å². The van der Waals surface area contributed by atoms with Crippen LogP contribution in [0.5, 0.6) is 5.75 Å². The third-order valence-corrected chi connectivity index (χ3v) is 3.93. The minimum atomic E-state index is -4.80. The highest BCUT2D eigenvalue weighted by atomic mass is 19.4. The first kappa shape index (κ1) is 19.1. The fraction of sp³-hybridized carbons (Fsp3) is 0.529. The van der Waals surface area contributed by atoms with Crippen molar-refractivity contribution in [2.45, 2.75) is 57.5 Å². The average Bonchev–Trinajstić information content (AvgIpc) is 2.54. The largest absolute Gasteiger partial charge is 0.573 e. The zero-order valence-corrected chi connectivity index (χ0v) is 13.8. The Morgan fingerprint density at radius 2 is 1.72 bits per heavy atom. The standard InChI is InChI=1S/C17H20F3NO4/c1-11(15(22)21-13-5-3-2-4-6-13)24-16(23)12-7-9-14(10-8-12)25-17(18,19)20/h7-11,13H,2-6H2,1H3,(H,21,22)/t11-/m0/s1. The van der Waals surface area contributed by atoms with E-state index in [1.807, 2.05) is 0 Å². The smallest absolute Gasteiger partial charge is 0.449 e. The Kier molecular flexibility index (Phi) is 6.27. The van der Waals surface area contributed by atoms with Gasteiger partial charge in [0.25, 0.3) is 5.91 Å². The molecule has 1 aliphatic rings. The van der Waals surface area contributed by atoms with Gasteiger partial charge in [0, 0.05) is 6.04 Å². The van der Waals surface area contributed by atoms with Crippen molar-refractivity contribution in [1.29, 1.82) is 0 Å². The number of rotatable bonds is 5. The van der Waals surface area contributed by atoms with E-state index < -0.39 is 24.2 Å². The van der Waals surface area contributed by atoms with Crippen molar-refractivity contribution < 1.29 is 32.2 Å². The summed E-state index contributed by atoms with van der Waals surface area (Å²) in [5.74, 6) is -1.60. The molecule has 138 valence electrons. The van der Waals surface area contributed by atoms with Crippen LogP contribution >= 0.6 is 0 Å². The maximum atomic E-state index is 12.1. The lowest BCUT2D eigenvalue weighted by atomic mass is 9.95. The minimum absolute atomic E-state index is 0.0341. The molecule has 1 fully saturated rings. The Hall–Kier alpha value is -2.25. The highest BCUT2D eigenvalue weighted by Gasteiger charge is 2.31. The third-order valence-electron chi connectivity index (χ3n) is 3.93. The van der Waals surface area contributed by atoms with Gasteiger partial charge in [-0.15, -0.1) is 13.2 Å². The summed E-state index contributed by atoms with van der Waals surface area (Å²) in [6.45, 7) is 1.46. The molecule has 1 amide bonds. The number of ether oxygens (including phenoxy) is 2. The highest BCUT2D eigenvalue weighted by Crippen LogP contribution is 2.23. The molecule has 0 saturated heterocycles. The number of benzene rings is 1. The molecule has 0 spiro atoms. The number of carbonyl (C=O) groups is 2. The van der Waals surface area contributed by atoms with Gasteiger partial charge in [-0.3, -0.25) is 4.79 Å². The average molecular weight is 359 g/mol. The molecule has 0 unspecified atom stereocenters. The third kappa shape index (κ3) is 6.28. The second-order valence-electron chi connectivity index (χ2n) is 5.96. The Bertz CT molecular complexity index is 595. The molecule has 1 aromatic carbocycles. The minimum Gasteiger partial charge on any atom is -0.449 e. The van der Waals surface area contributed by atoms with Crippen LogP contribution in [0.3, 0.4) is 0 Å². The van der Waals surface area contributed by atoms with E-state index in [-0.39, 0.29) is 17.5 Å². The molecule has 25 heavy (non-hydrogen) atoms. The van der Waals surface area contributed by atoms with Crippen LogP contribution in [0.1, 0.15) is 49.4 Å². The van der Waals surface area contributed by atoms with E-state index in [4.69, 9.17) is 4.74 Å². The first-order valence-electron chi connectivity index (χ1n) is 8.12. The van der Waals surface area contributed by atoms with Gasteiger partial charge in [-0.05, 0) is 44.0 Å². The maximum absolute atomic E-state index is 12.1. The molecule has 0 aliphatic heterocycles. The normalized spacial score (nSPS) is 16.8. The van der Waals surface area contributed by atoms with Gasteiger partial charge in [0.1, 0.15) is 5.75 Å². The van der Waals surface area contributed by atoms with Crippen LogP contribution in [0, 0.1) is 0 Å². The van der Waals surface area contributed by atoms with Gasteiger partial charge in [-0.1, -0.05) is 19.3 Å². The van der Waals surface area contributed by atoms with Crippen LogP contribution in [-0.4, -0.2) is 30.4 Å². The molecule has 1 saturated carbocycles. The molecule has 1 aromatic rings.